The van der Waals surface area contributed by atoms with E-state index in [9.17, 15) is 36.7 Å². The van der Waals surface area contributed by atoms with Crippen molar-refractivity contribution in [2.75, 3.05) is 13.2 Å². The fraction of sp³-hybridized carbons (Fsp3) is 0.257. The topological polar surface area (TPSA) is 129 Å². The minimum atomic E-state index is -5.09. The molecule has 4 aromatic carbocycles. The molecule has 2 atom stereocenters. The molecule has 0 radical (unpaired) electrons. The van der Waals surface area contributed by atoms with Gasteiger partial charge in [0.2, 0.25) is 5.90 Å². The first-order valence-corrected chi connectivity index (χ1v) is 16.1. The molecule has 2 N–H and O–H groups in total. The number of rotatable bonds is 12. The first kappa shape index (κ1) is 37.2. The van der Waals surface area contributed by atoms with Crippen molar-refractivity contribution in [1.29, 1.82) is 0 Å². The van der Waals surface area contributed by atoms with E-state index in [1.807, 2.05) is 0 Å². The van der Waals surface area contributed by atoms with Crippen LogP contribution >= 0.6 is 15.9 Å². The van der Waals surface area contributed by atoms with Gasteiger partial charge < -0.3 is 19.9 Å². The number of amides is 1. The average Bonchev–Trinajstić information content (AvgIpc) is 3.48. The van der Waals surface area contributed by atoms with Crippen molar-refractivity contribution in [2.45, 2.75) is 43.4 Å². The van der Waals surface area contributed by atoms with Crippen molar-refractivity contribution in [3.8, 4) is 5.75 Å². The second kappa shape index (κ2) is 15.5. The zero-order valence-electron chi connectivity index (χ0n) is 26.4. The lowest BCUT2D eigenvalue weighted by atomic mass is 9.81. The predicted octanol–water partition coefficient (Wildman–Crippen LogP) is 9.01. The number of azide groups is 1. The number of benzene rings is 4. The van der Waals surface area contributed by atoms with Gasteiger partial charge in [0.15, 0.2) is 11.6 Å². The van der Waals surface area contributed by atoms with Gasteiger partial charge in [-0.05, 0) is 65.2 Å². The zero-order chi connectivity index (χ0) is 36.8. The summed E-state index contributed by atoms with van der Waals surface area (Å²) in [5, 5.41) is 15.3. The Balaban J connectivity index is 1.63. The number of aliphatic imine (C=N–C) groups is 1. The average molecular weight is 777 g/mol. The molecule has 1 aliphatic rings. The molecule has 0 bridgehead atoms. The van der Waals surface area contributed by atoms with Gasteiger partial charge in [-0.1, -0.05) is 63.5 Å². The molecular formula is C35H28BrF6N5O4. The smallest absolute Gasteiger partial charge is 0.416 e. The molecule has 9 nitrogen and oxygen atoms in total. The first-order valence-electron chi connectivity index (χ1n) is 15.3. The van der Waals surface area contributed by atoms with Gasteiger partial charge in [-0.2, -0.15) is 26.3 Å². The molecule has 0 fully saturated rings. The summed E-state index contributed by atoms with van der Waals surface area (Å²) in [6.07, 6.45) is -11.2. The second-order valence-corrected chi connectivity index (χ2v) is 12.3. The van der Waals surface area contributed by atoms with Crippen molar-refractivity contribution in [1.82, 2.24) is 5.32 Å². The Hall–Kier alpha value is -5.05. The fourth-order valence-corrected chi connectivity index (χ4v) is 5.92. The number of ether oxygens (including phenoxy) is 2. The SMILES string of the molecule is [N-]=[N+]=Nc1ccccc1[C@H]1OC(c2ccc(OCCCO)cc2)=N[C@@]1(Cc1ccccc1Br)C(=O)NCc1cc(C(F)(F)F)cc(C(F)(F)F)c1. The van der Waals surface area contributed by atoms with Crippen LogP contribution in [0.3, 0.4) is 0 Å². The van der Waals surface area contributed by atoms with Crippen molar-refractivity contribution >= 4 is 33.4 Å². The van der Waals surface area contributed by atoms with Crippen molar-refractivity contribution in [2.24, 2.45) is 10.1 Å². The Bertz CT molecular complexity index is 1930. The third-order valence-corrected chi connectivity index (χ3v) is 8.69. The monoisotopic (exact) mass is 775 g/mol. The summed E-state index contributed by atoms with van der Waals surface area (Å²) in [6, 6.07) is 20.7. The van der Waals surface area contributed by atoms with Crippen LogP contribution in [0.5, 0.6) is 5.75 Å². The predicted molar refractivity (Wildman–Crippen MR) is 178 cm³/mol. The van der Waals surface area contributed by atoms with Gasteiger partial charge in [-0.25, -0.2) is 4.99 Å². The molecule has 0 unspecified atom stereocenters. The van der Waals surface area contributed by atoms with Gasteiger partial charge in [0.25, 0.3) is 5.91 Å². The van der Waals surface area contributed by atoms with Crippen molar-refractivity contribution in [3.63, 3.8) is 0 Å². The minimum absolute atomic E-state index is 0.00670. The molecule has 0 aliphatic carbocycles. The number of hydrogen-bond acceptors (Lipinski definition) is 6. The highest BCUT2D eigenvalue weighted by molar-refractivity contribution is 9.10. The van der Waals surface area contributed by atoms with Crippen molar-refractivity contribution < 1.29 is 45.7 Å². The van der Waals surface area contributed by atoms with E-state index < -0.39 is 53.1 Å². The van der Waals surface area contributed by atoms with E-state index in [2.05, 4.69) is 31.3 Å². The number of nitrogens with zero attached hydrogens (tertiary/aromatic N) is 4. The molecule has 5 rings (SSSR count). The number of alkyl halides is 6. The van der Waals surface area contributed by atoms with E-state index in [-0.39, 0.29) is 42.8 Å². The summed E-state index contributed by atoms with van der Waals surface area (Å²) in [5.74, 6) is -0.421. The number of carbonyl (C=O) groups is 1. The molecule has 51 heavy (non-hydrogen) atoms. The summed E-state index contributed by atoms with van der Waals surface area (Å²) < 4.78 is 94.3. The first-order chi connectivity index (χ1) is 24.2. The van der Waals surface area contributed by atoms with Gasteiger partial charge >= 0.3 is 12.4 Å². The van der Waals surface area contributed by atoms with Crippen LogP contribution in [0.15, 0.2) is 106 Å². The zero-order valence-corrected chi connectivity index (χ0v) is 28.0. The Morgan fingerprint density at radius 1 is 0.980 bits per heavy atom. The Morgan fingerprint density at radius 3 is 2.25 bits per heavy atom. The molecule has 16 heteroatoms. The van der Waals surface area contributed by atoms with E-state index in [1.165, 1.54) is 6.07 Å². The van der Waals surface area contributed by atoms with Crippen LogP contribution in [0, 0.1) is 0 Å². The van der Waals surface area contributed by atoms with E-state index >= 15 is 0 Å². The summed E-state index contributed by atoms with van der Waals surface area (Å²) in [6.45, 7) is -0.517. The lowest BCUT2D eigenvalue weighted by Gasteiger charge is -2.31. The number of hydrogen-bond donors (Lipinski definition) is 2. The lowest BCUT2D eigenvalue weighted by Crippen LogP contribution is -2.49. The van der Waals surface area contributed by atoms with Crippen LogP contribution in [0.2, 0.25) is 0 Å². The minimum Gasteiger partial charge on any atom is -0.494 e. The Morgan fingerprint density at radius 2 is 1.63 bits per heavy atom. The van der Waals surface area contributed by atoms with Crippen LogP contribution < -0.4 is 10.1 Å². The standard InChI is InChI=1S/C35H28BrF6N5O4/c36-28-8-3-1-6-23(28)19-33(32(49)44-20-21-16-24(34(37,38)39)18-25(17-21)35(40,41)42)30(27-7-2-4-9-29(27)46-47-43)51-31(45-33)22-10-12-26(13-11-22)50-15-5-14-48/h1-4,6-13,16-18,30,48H,5,14-15,19-20H2,(H,44,49)/t30-,33-/m1/s1. The van der Waals surface area contributed by atoms with Crippen LogP contribution in [0.1, 0.15) is 45.9 Å². The quantitative estimate of drug-likeness (QED) is 0.0489. The summed E-state index contributed by atoms with van der Waals surface area (Å²) in [4.78, 5) is 22.2. The fourth-order valence-electron chi connectivity index (χ4n) is 5.50. The number of carbonyl (C=O) groups excluding carboxylic acids is 1. The van der Waals surface area contributed by atoms with Gasteiger partial charge in [-0.15, -0.1) is 0 Å². The van der Waals surface area contributed by atoms with Crippen LogP contribution in [-0.2, 0) is 34.8 Å². The number of halogens is 7. The molecule has 0 saturated carbocycles. The Kier molecular flexibility index (Phi) is 11.3. The molecule has 1 heterocycles. The van der Waals surface area contributed by atoms with Crippen molar-refractivity contribution in [3.05, 3.63) is 139 Å². The summed E-state index contributed by atoms with van der Waals surface area (Å²) in [7, 11) is 0. The maximum atomic E-state index is 14.5. The molecule has 266 valence electrons. The van der Waals surface area contributed by atoms with Crippen LogP contribution in [0.25, 0.3) is 10.4 Å². The lowest BCUT2D eigenvalue weighted by molar-refractivity contribution is -0.143. The number of aliphatic hydroxyl groups is 1. The maximum absolute atomic E-state index is 14.5. The van der Waals surface area contributed by atoms with E-state index in [1.54, 1.807) is 66.7 Å². The molecule has 1 aliphatic heterocycles. The van der Waals surface area contributed by atoms with Gasteiger partial charge in [-0.3, -0.25) is 4.79 Å². The highest BCUT2D eigenvalue weighted by Crippen LogP contribution is 2.46. The highest BCUT2D eigenvalue weighted by atomic mass is 79.9. The summed E-state index contributed by atoms with van der Waals surface area (Å²) in [5.41, 5.74) is 5.20. The maximum Gasteiger partial charge on any atom is 0.416 e. The normalized spacial score (nSPS) is 17.3. The van der Waals surface area contributed by atoms with E-state index in [0.29, 0.717) is 39.9 Å². The third-order valence-electron chi connectivity index (χ3n) is 7.92. The van der Waals surface area contributed by atoms with Crippen LogP contribution in [0.4, 0.5) is 32.0 Å². The molecular weight excluding hydrogens is 748 g/mol. The molecule has 4 aromatic rings. The number of nitrogens with one attached hydrogen (secondary N) is 1. The van der Waals surface area contributed by atoms with Gasteiger partial charge in [0.05, 0.1) is 17.7 Å². The third kappa shape index (κ3) is 8.64. The molecule has 1 amide bonds. The molecule has 0 aromatic heterocycles. The van der Waals surface area contributed by atoms with E-state index in [4.69, 9.17) is 19.6 Å². The molecule has 0 saturated heterocycles. The molecule has 0 spiro atoms. The van der Waals surface area contributed by atoms with E-state index in [0.717, 1.165) is 0 Å². The largest absolute Gasteiger partial charge is 0.494 e. The van der Waals surface area contributed by atoms with Gasteiger partial charge in [0.1, 0.15) is 5.75 Å². The van der Waals surface area contributed by atoms with Gasteiger partial charge in [0, 0.05) is 52.2 Å². The highest BCUT2D eigenvalue weighted by Gasteiger charge is 2.54. The summed E-state index contributed by atoms with van der Waals surface area (Å²) >= 11 is 3.48. The second-order valence-electron chi connectivity index (χ2n) is 11.4. The Labute approximate surface area is 295 Å². The number of aliphatic hydroxyl groups excluding tert-OH is 1. The van der Waals surface area contributed by atoms with Crippen LogP contribution in [-0.4, -0.2) is 35.7 Å².